The lowest BCUT2D eigenvalue weighted by molar-refractivity contribution is -0.384. The van der Waals surface area contributed by atoms with Gasteiger partial charge in [0.1, 0.15) is 0 Å². The van der Waals surface area contributed by atoms with Crippen molar-refractivity contribution >= 4 is 11.7 Å². The molecule has 0 radical (unpaired) electrons. The van der Waals surface area contributed by atoms with Crippen LogP contribution in [0.15, 0.2) is 18.2 Å². The van der Waals surface area contributed by atoms with Gasteiger partial charge in [0.15, 0.2) is 0 Å². The number of nitro groups is 1. The van der Waals surface area contributed by atoms with Gasteiger partial charge in [-0.1, -0.05) is 5.92 Å². The molecule has 1 aromatic rings. The predicted octanol–water partition coefficient (Wildman–Crippen LogP) is 1.66. The van der Waals surface area contributed by atoms with E-state index >= 15 is 0 Å². The normalized spacial score (nSPS) is 8.87. The Morgan fingerprint density at radius 3 is 2.67 bits per heavy atom. The van der Waals surface area contributed by atoms with Crippen molar-refractivity contribution in [1.29, 1.82) is 0 Å². The number of carbonyl (C=O) groups is 1. The quantitative estimate of drug-likeness (QED) is 0.452. The molecule has 15 heavy (non-hydrogen) atoms. The van der Waals surface area contributed by atoms with Crippen LogP contribution in [-0.4, -0.2) is 16.0 Å². The molecule has 0 spiro atoms. The van der Waals surface area contributed by atoms with Gasteiger partial charge < -0.3 is 5.11 Å². The summed E-state index contributed by atoms with van der Waals surface area (Å²) in [5.41, 5.74) is -0.0492. The van der Waals surface area contributed by atoms with E-state index in [0.717, 1.165) is 12.1 Å². The lowest BCUT2D eigenvalue weighted by Crippen LogP contribution is -2.01. The summed E-state index contributed by atoms with van der Waals surface area (Å²) in [6.45, 7) is 1.53. The SMILES string of the molecule is CC#Cc1cc([N+](=O)[O-])ccc1C(=O)O. The number of nitro benzene ring substituents is 1. The van der Waals surface area contributed by atoms with Crippen molar-refractivity contribution in [3.8, 4) is 11.8 Å². The number of rotatable bonds is 2. The van der Waals surface area contributed by atoms with Crippen LogP contribution in [0.3, 0.4) is 0 Å². The van der Waals surface area contributed by atoms with E-state index in [4.69, 9.17) is 5.11 Å². The first-order chi connectivity index (χ1) is 7.06. The van der Waals surface area contributed by atoms with Crippen LogP contribution in [0.4, 0.5) is 5.69 Å². The molecule has 0 saturated heterocycles. The lowest BCUT2D eigenvalue weighted by atomic mass is 10.1. The summed E-state index contributed by atoms with van der Waals surface area (Å²) in [6.07, 6.45) is 0. The largest absolute Gasteiger partial charge is 0.478 e. The first kappa shape index (κ1) is 10.7. The molecule has 1 aromatic carbocycles. The Bertz CT molecular complexity index is 482. The Balaban J connectivity index is 3.37. The van der Waals surface area contributed by atoms with Crippen LogP contribution in [0.1, 0.15) is 22.8 Å². The predicted molar refractivity (Wildman–Crippen MR) is 52.6 cm³/mol. The van der Waals surface area contributed by atoms with E-state index in [1.54, 1.807) is 0 Å². The molecule has 76 valence electrons. The monoisotopic (exact) mass is 205 g/mol. The molecule has 5 heteroatoms. The molecular weight excluding hydrogens is 198 g/mol. The van der Waals surface area contributed by atoms with E-state index < -0.39 is 10.9 Å². The number of hydrogen-bond acceptors (Lipinski definition) is 3. The molecule has 1 rings (SSSR count). The molecule has 5 nitrogen and oxygen atoms in total. The summed E-state index contributed by atoms with van der Waals surface area (Å²) in [7, 11) is 0. The van der Waals surface area contributed by atoms with Crippen molar-refractivity contribution in [3.63, 3.8) is 0 Å². The second kappa shape index (κ2) is 4.24. The fraction of sp³-hybridized carbons (Fsp3) is 0.100. The van der Waals surface area contributed by atoms with Crippen molar-refractivity contribution < 1.29 is 14.8 Å². The number of aromatic carboxylic acids is 1. The third kappa shape index (κ3) is 2.31. The Kier molecular flexibility index (Phi) is 3.03. The molecule has 0 atom stereocenters. The van der Waals surface area contributed by atoms with E-state index in [0.29, 0.717) is 0 Å². The number of non-ortho nitro benzene ring substituents is 1. The van der Waals surface area contributed by atoms with Gasteiger partial charge in [-0.05, 0) is 13.0 Å². The maximum absolute atomic E-state index is 10.7. The fourth-order valence-corrected chi connectivity index (χ4v) is 1.07. The molecule has 0 aromatic heterocycles. The molecule has 0 amide bonds. The summed E-state index contributed by atoms with van der Waals surface area (Å²) in [4.78, 5) is 20.6. The Morgan fingerprint density at radius 2 is 2.20 bits per heavy atom. The van der Waals surface area contributed by atoms with Crippen LogP contribution in [0.2, 0.25) is 0 Å². The Labute approximate surface area is 85.5 Å². The van der Waals surface area contributed by atoms with Gasteiger partial charge in [-0.2, -0.15) is 0 Å². The Morgan fingerprint density at radius 1 is 1.53 bits per heavy atom. The molecule has 0 heterocycles. The highest BCUT2D eigenvalue weighted by Crippen LogP contribution is 2.17. The van der Waals surface area contributed by atoms with E-state index in [2.05, 4.69) is 11.8 Å². The van der Waals surface area contributed by atoms with Gasteiger partial charge in [0.05, 0.1) is 10.5 Å². The van der Waals surface area contributed by atoms with Crippen LogP contribution in [0.5, 0.6) is 0 Å². The zero-order valence-electron chi connectivity index (χ0n) is 7.85. The average Bonchev–Trinajstić information content (AvgIpc) is 2.17. The topological polar surface area (TPSA) is 80.4 Å². The standard InChI is InChI=1S/C10H7NO4/c1-2-3-7-6-8(11(14)15)4-5-9(7)10(12)13/h4-6H,1H3,(H,12,13). The summed E-state index contributed by atoms with van der Waals surface area (Å²) in [5, 5.41) is 19.2. The third-order valence-corrected chi connectivity index (χ3v) is 1.70. The van der Waals surface area contributed by atoms with Crippen molar-refractivity contribution in [3.05, 3.63) is 39.4 Å². The minimum Gasteiger partial charge on any atom is -0.478 e. The second-order valence-electron chi connectivity index (χ2n) is 2.67. The molecule has 0 aliphatic heterocycles. The van der Waals surface area contributed by atoms with Gasteiger partial charge in [0, 0.05) is 17.7 Å². The van der Waals surface area contributed by atoms with Crippen molar-refractivity contribution in [2.45, 2.75) is 6.92 Å². The molecular formula is C10H7NO4. The van der Waals surface area contributed by atoms with Crippen LogP contribution in [0, 0.1) is 22.0 Å². The number of hydrogen-bond donors (Lipinski definition) is 1. The zero-order valence-corrected chi connectivity index (χ0v) is 7.85. The first-order valence-corrected chi connectivity index (χ1v) is 4.00. The third-order valence-electron chi connectivity index (χ3n) is 1.70. The number of carboxylic acid groups (broad SMARTS) is 1. The van der Waals surface area contributed by atoms with Crippen molar-refractivity contribution in [2.24, 2.45) is 0 Å². The summed E-state index contributed by atoms with van der Waals surface area (Å²) in [5.74, 6) is 3.88. The van der Waals surface area contributed by atoms with Crippen LogP contribution >= 0.6 is 0 Å². The fourth-order valence-electron chi connectivity index (χ4n) is 1.07. The van der Waals surface area contributed by atoms with Crippen molar-refractivity contribution in [1.82, 2.24) is 0 Å². The number of nitrogens with zero attached hydrogens (tertiary/aromatic N) is 1. The molecule has 0 aliphatic carbocycles. The molecule has 0 unspecified atom stereocenters. The van der Waals surface area contributed by atoms with E-state index in [1.807, 2.05) is 0 Å². The first-order valence-electron chi connectivity index (χ1n) is 4.00. The highest BCUT2D eigenvalue weighted by Gasteiger charge is 2.13. The molecule has 0 bridgehead atoms. The van der Waals surface area contributed by atoms with Gasteiger partial charge in [-0.3, -0.25) is 10.1 Å². The summed E-state index contributed by atoms with van der Waals surface area (Å²) in [6, 6.07) is 3.48. The Hall–Kier alpha value is -2.35. The van der Waals surface area contributed by atoms with Gasteiger partial charge in [0.2, 0.25) is 0 Å². The summed E-state index contributed by atoms with van der Waals surface area (Å²) >= 11 is 0. The van der Waals surface area contributed by atoms with Gasteiger partial charge >= 0.3 is 5.97 Å². The molecule has 0 saturated carbocycles. The highest BCUT2D eigenvalue weighted by molar-refractivity contribution is 5.91. The smallest absolute Gasteiger partial charge is 0.336 e. The summed E-state index contributed by atoms with van der Waals surface area (Å²) < 4.78 is 0. The average molecular weight is 205 g/mol. The number of carboxylic acids is 1. The molecule has 0 aliphatic rings. The van der Waals surface area contributed by atoms with Crippen LogP contribution in [-0.2, 0) is 0 Å². The maximum atomic E-state index is 10.7. The van der Waals surface area contributed by atoms with Gasteiger partial charge in [0.25, 0.3) is 5.69 Å². The van der Waals surface area contributed by atoms with Crippen LogP contribution in [0.25, 0.3) is 0 Å². The van der Waals surface area contributed by atoms with E-state index in [-0.39, 0.29) is 16.8 Å². The minimum absolute atomic E-state index is 0.0325. The highest BCUT2D eigenvalue weighted by atomic mass is 16.6. The van der Waals surface area contributed by atoms with Crippen LogP contribution < -0.4 is 0 Å². The lowest BCUT2D eigenvalue weighted by Gasteiger charge is -1.98. The van der Waals surface area contributed by atoms with Gasteiger partial charge in [-0.15, -0.1) is 5.92 Å². The van der Waals surface area contributed by atoms with Gasteiger partial charge in [-0.25, -0.2) is 4.79 Å². The van der Waals surface area contributed by atoms with E-state index in [1.165, 1.54) is 13.0 Å². The maximum Gasteiger partial charge on any atom is 0.336 e. The molecule has 1 N–H and O–H groups in total. The second-order valence-corrected chi connectivity index (χ2v) is 2.67. The minimum atomic E-state index is -1.15. The van der Waals surface area contributed by atoms with Crippen molar-refractivity contribution in [2.75, 3.05) is 0 Å². The number of benzene rings is 1. The molecule has 0 fully saturated rings. The van der Waals surface area contributed by atoms with E-state index in [9.17, 15) is 14.9 Å². The zero-order chi connectivity index (χ0) is 11.4.